The van der Waals surface area contributed by atoms with Gasteiger partial charge in [0.15, 0.2) is 0 Å². The molecule has 2 aromatic carbocycles. The number of rotatable bonds is 7. The van der Waals surface area contributed by atoms with Gasteiger partial charge in [-0.05, 0) is 30.5 Å². The molecule has 0 aliphatic heterocycles. The first-order chi connectivity index (χ1) is 11.7. The lowest BCUT2D eigenvalue weighted by Crippen LogP contribution is -2.35. The van der Waals surface area contributed by atoms with Gasteiger partial charge < -0.3 is 4.52 Å². The highest BCUT2D eigenvalue weighted by molar-refractivity contribution is 7.55. The summed E-state index contributed by atoms with van der Waals surface area (Å²) in [5, 5.41) is 6.40. The quantitative estimate of drug-likeness (QED) is 0.703. The molecular weight excluding hydrogens is 319 g/mol. The molecule has 5 heteroatoms. The molecule has 0 aromatic heterocycles. The molecule has 3 rings (SSSR count). The van der Waals surface area contributed by atoms with E-state index in [1.807, 2.05) is 60.7 Å². The number of para-hydroxylation sites is 1. The molecule has 0 saturated heterocycles. The Morgan fingerprint density at radius 1 is 0.917 bits per heavy atom. The van der Waals surface area contributed by atoms with Gasteiger partial charge >= 0.3 is 7.67 Å². The normalized spacial score (nSPS) is 18.0. The fourth-order valence-electron chi connectivity index (χ4n) is 3.00. The van der Waals surface area contributed by atoms with Crippen molar-refractivity contribution in [2.24, 2.45) is 0 Å². The lowest BCUT2D eigenvalue weighted by molar-refractivity contribution is 0.382. The van der Waals surface area contributed by atoms with Crippen LogP contribution in [0.4, 0.5) is 0 Å². The van der Waals surface area contributed by atoms with Gasteiger partial charge in [-0.2, -0.15) is 0 Å². The lowest BCUT2D eigenvalue weighted by atomic mass is 9.96. The van der Waals surface area contributed by atoms with Crippen molar-refractivity contribution in [3.05, 3.63) is 66.2 Å². The van der Waals surface area contributed by atoms with Crippen molar-refractivity contribution in [1.82, 2.24) is 10.2 Å². The van der Waals surface area contributed by atoms with Gasteiger partial charge in [-0.25, -0.2) is 14.7 Å². The summed E-state index contributed by atoms with van der Waals surface area (Å²) in [6.45, 7) is 0.505. The predicted octanol–water partition coefficient (Wildman–Crippen LogP) is 4.89. The SMILES string of the molecule is O=[P@](NCc1ccccc1)(NC1CCCCC1)Oc1ccccc1. The van der Waals surface area contributed by atoms with Crippen LogP contribution < -0.4 is 14.7 Å². The standard InChI is InChI=1S/C19H25N2O2P/c22-24(21-18-12-6-2-7-13-18,23-19-14-8-3-9-15-19)20-16-17-10-4-1-5-11-17/h1,3-5,8-11,14-15,18H,2,6-7,12-13,16H2,(H2,20,21,22)/t24-/m0/s1. The van der Waals surface area contributed by atoms with Crippen LogP contribution in [0.15, 0.2) is 60.7 Å². The van der Waals surface area contributed by atoms with E-state index < -0.39 is 7.67 Å². The summed E-state index contributed by atoms with van der Waals surface area (Å²) in [4.78, 5) is 0. The third-order valence-corrected chi connectivity index (χ3v) is 6.02. The monoisotopic (exact) mass is 344 g/mol. The maximum absolute atomic E-state index is 13.4. The Morgan fingerprint density at radius 2 is 1.54 bits per heavy atom. The maximum Gasteiger partial charge on any atom is 0.391 e. The summed E-state index contributed by atoms with van der Waals surface area (Å²) in [6.07, 6.45) is 5.73. The molecule has 1 aliphatic carbocycles. The van der Waals surface area contributed by atoms with Crippen molar-refractivity contribution in [3.63, 3.8) is 0 Å². The molecule has 0 radical (unpaired) electrons. The Kier molecular flexibility index (Phi) is 6.08. The van der Waals surface area contributed by atoms with E-state index in [0.717, 1.165) is 18.4 Å². The van der Waals surface area contributed by atoms with E-state index in [0.29, 0.717) is 12.3 Å². The summed E-state index contributed by atoms with van der Waals surface area (Å²) in [5.74, 6) is 0.615. The van der Waals surface area contributed by atoms with Crippen LogP contribution in [-0.2, 0) is 11.1 Å². The van der Waals surface area contributed by atoms with Crippen LogP contribution in [0.3, 0.4) is 0 Å². The molecule has 0 bridgehead atoms. The van der Waals surface area contributed by atoms with E-state index in [-0.39, 0.29) is 6.04 Å². The maximum atomic E-state index is 13.4. The van der Waals surface area contributed by atoms with E-state index in [1.165, 1.54) is 19.3 Å². The highest BCUT2D eigenvalue weighted by Crippen LogP contribution is 2.41. The molecule has 1 atom stereocenters. The molecule has 1 saturated carbocycles. The van der Waals surface area contributed by atoms with Gasteiger partial charge in [-0.3, -0.25) is 0 Å². The van der Waals surface area contributed by atoms with Gasteiger partial charge in [0, 0.05) is 12.6 Å². The molecule has 1 aliphatic rings. The highest BCUT2D eigenvalue weighted by atomic mass is 31.2. The predicted molar refractivity (Wildman–Crippen MR) is 98.0 cm³/mol. The van der Waals surface area contributed by atoms with E-state index in [2.05, 4.69) is 10.2 Å². The zero-order valence-electron chi connectivity index (χ0n) is 13.9. The molecule has 24 heavy (non-hydrogen) atoms. The van der Waals surface area contributed by atoms with Crippen molar-refractivity contribution in [1.29, 1.82) is 0 Å². The van der Waals surface area contributed by atoms with Crippen LogP contribution in [0.2, 0.25) is 0 Å². The Balaban J connectivity index is 1.70. The molecule has 0 heterocycles. The Labute approximate surface area is 144 Å². The smallest absolute Gasteiger partial charge is 0.391 e. The van der Waals surface area contributed by atoms with E-state index in [9.17, 15) is 4.57 Å². The molecule has 2 aromatic rings. The zero-order valence-corrected chi connectivity index (χ0v) is 14.8. The molecule has 128 valence electrons. The average Bonchev–Trinajstić information content (AvgIpc) is 2.63. The zero-order chi connectivity index (χ0) is 16.7. The first-order valence-corrected chi connectivity index (χ1v) is 10.3. The molecule has 0 spiro atoms. The van der Waals surface area contributed by atoms with Crippen molar-refractivity contribution in [2.75, 3.05) is 0 Å². The molecule has 0 unspecified atom stereocenters. The first-order valence-electron chi connectivity index (χ1n) is 8.65. The van der Waals surface area contributed by atoms with Crippen LogP contribution in [0, 0.1) is 0 Å². The van der Waals surface area contributed by atoms with E-state index >= 15 is 0 Å². The van der Waals surface area contributed by atoms with Crippen LogP contribution in [0.25, 0.3) is 0 Å². The molecule has 2 N–H and O–H groups in total. The average molecular weight is 344 g/mol. The van der Waals surface area contributed by atoms with Crippen LogP contribution in [0.5, 0.6) is 5.75 Å². The summed E-state index contributed by atoms with van der Waals surface area (Å²) in [7, 11) is -3.18. The second kappa shape index (κ2) is 8.48. The van der Waals surface area contributed by atoms with Gasteiger partial charge in [-0.15, -0.1) is 0 Å². The Morgan fingerprint density at radius 3 is 2.21 bits per heavy atom. The van der Waals surface area contributed by atoms with Gasteiger partial charge in [-0.1, -0.05) is 67.8 Å². The minimum atomic E-state index is -3.18. The number of nitrogens with one attached hydrogen (secondary N) is 2. The molecular formula is C19H25N2O2P. The number of hydrogen-bond acceptors (Lipinski definition) is 2. The fourth-order valence-corrected chi connectivity index (χ4v) is 4.75. The van der Waals surface area contributed by atoms with Crippen molar-refractivity contribution in [2.45, 2.75) is 44.7 Å². The number of hydrogen-bond donors (Lipinski definition) is 2. The third kappa shape index (κ3) is 5.20. The molecule has 4 nitrogen and oxygen atoms in total. The Hall–Kier alpha value is -1.61. The van der Waals surface area contributed by atoms with E-state index in [4.69, 9.17) is 4.52 Å². The van der Waals surface area contributed by atoms with Crippen molar-refractivity contribution < 1.29 is 9.09 Å². The Bertz CT molecular complexity index is 658. The molecule has 0 amide bonds. The molecule has 1 fully saturated rings. The van der Waals surface area contributed by atoms with Gasteiger partial charge in [0.05, 0.1) is 0 Å². The van der Waals surface area contributed by atoms with Gasteiger partial charge in [0.1, 0.15) is 5.75 Å². The topological polar surface area (TPSA) is 50.4 Å². The van der Waals surface area contributed by atoms with Gasteiger partial charge in [0.2, 0.25) is 0 Å². The van der Waals surface area contributed by atoms with Crippen LogP contribution >= 0.6 is 7.67 Å². The fraction of sp³-hybridized carbons (Fsp3) is 0.368. The summed E-state index contributed by atoms with van der Waals surface area (Å²) < 4.78 is 19.2. The highest BCUT2D eigenvalue weighted by Gasteiger charge is 2.29. The summed E-state index contributed by atoms with van der Waals surface area (Å²) in [6, 6.07) is 19.6. The van der Waals surface area contributed by atoms with Crippen molar-refractivity contribution in [3.8, 4) is 5.75 Å². The first kappa shape index (κ1) is 17.2. The minimum absolute atomic E-state index is 0.247. The van der Waals surface area contributed by atoms with E-state index in [1.54, 1.807) is 0 Å². The summed E-state index contributed by atoms with van der Waals surface area (Å²) in [5.41, 5.74) is 1.08. The largest absolute Gasteiger partial charge is 0.422 e. The number of benzene rings is 2. The minimum Gasteiger partial charge on any atom is -0.422 e. The second-order valence-corrected chi connectivity index (χ2v) is 8.10. The van der Waals surface area contributed by atoms with Crippen molar-refractivity contribution >= 4 is 7.67 Å². The lowest BCUT2D eigenvalue weighted by Gasteiger charge is -2.28. The van der Waals surface area contributed by atoms with Gasteiger partial charge in [0.25, 0.3) is 0 Å². The summed E-state index contributed by atoms with van der Waals surface area (Å²) >= 11 is 0. The van der Waals surface area contributed by atoms with Crippen LogP contribution in [0.1, 0.15) is 37.7 Å². The van der Waals surface area contributed by atoms with Crippen LogP contribution in [-0.4, -0.2) is 6.04 Å². The second-order valence-electron chi connectivity index (χ2n) is 6.24. The third-order valence-electron chi connectivity index (χ3n) is 4.27.